The van der Waals surface area contributed by atoms with E-state index in [0.29, 0.717) is 5.76 Å². The summed E-state index contributed by atoms with van der Waals surface area (Å²) < 4.78 is 5.47. The van der Waals surface area contributed by atoms with Crippen LogP contribution in [0, 0.1) is 6.92 Å². The molecule has 0 saturated carbocycles. The van der Waals surface area contributed by atoms with E-state index in [2.05, 4.69) is 4.98 Å². The lowest BCUT2D eigenvalue weighted by atomic mass is 10.0. The number of hydrogen-bond acceptors (Lipinski definition) is 3. The Morgan fingerprint density at radius 3 is 2.72 bits per heavy atom. The van der Waals surface area contributed by atoms with Crippen molar-refractivity contribution in [3.8, 4) is 0 Å². The van der Waals surface area contributed by atoms with Gasteiger partial charge in [-0.25, -0.2) is 0 Å². The van der Waals surface area contributed by atoms with Crippen LogP contribution < -0.4 is 0 Å². The van der Waals surface area contributed by atoms with Gasteiger partial charge in [0.2, 0.25) is 0 Å². The summed E-state index contributed by atoms with van der Waals surface area (Å²) >= 11 is 0. The first kappa shape index (κ1) is 11.0. The molecule has 90 valence electrons. The van der Waals surface area contributed by atoms with Gasteiger partial charge in [-0.05, 0) is 24.4 Å². The number of furan rings is 1. The highest BCUT2D eigenvalue weighted by Crippen LogP contribution is 2.28. The van der Waals surface area contributed by atoms with Gasteiger partial charge in [0.15, 0.2) is 0 Å². The summed E-state index contributed by atoms with van der Waals surface area (Å²) in [6.07, 6.45) is 2.70. The maximum atomic E-state index is 10.4. The van der Waals surface area contributed by atoms with Gasteiger partial charge in [-0.1, -0.05) is 24.3 Å². The first-order chi connectivity index (χ1) is 8.75. The minimum Gasteiger partial charge on any atom is -0.463 e. The lowest BCUT2D eigenvalue weighted by Gasteiger charge is -2.10. The number of aromatic nitrogens is 1. The number of aliphatic hydroxyl groups is 1. The molecule has 1 N–H and O–H groups in total. The summed E-state index contributed by atoms with van der Waals surface area (Å²) in [4.78, 5) is 4.16. The Balaban J connectivity index is 2.14. The van der Waals surface area contributed by atoms with Crippen molar-refractivity contribution in [1.29, 1.82) is 0 Å². The molecule has 3 nitrogen and oxygen atoms in total. The van der Waals surface area contributed by atoms with Crippen molar-refractivity contribution in [1.82, 2.24) is 4.98 Å². The third-order valence-corrected chi connectivity index (χ3v) is 3.02. The predicted octanol–water partition coefficient (Wildman–Crippen LogP) is 3.22. The highest BCUT2D eigenvalue weighted by molar-refractivity contribution is 5.85. The lowest BCUT2D eigenvalue weighted by Crippen LogP contribution is -1.99. The van der Waals surface area contributed by atoms with Crippen LogP contribution in [0.5, 0.6) is 0 Å². The van der Waals surface area contributed by atoms with Gasteiger partial charge in [0.25, 0.3) is 0 Å². The van der Waals surface area contributed by atoms with Crippen molar-refractivity contribution in [2.75, 3.05) is 0 Å². The second kappa shape index (κ2) is 4.27. The maximum Gasteiger partial charge on any atom is 0.139 e. The van der Waals surface area contributed by atoms with Crippen LogP contribution in [0.25, 0.3) is 10.8 Å². The van der Waals surface area contributed by atoms with Gasteiger partial charge >= 0.3 is 0 Å². The number of pyridine rings is 1. The van der Waals surface area contributed by atoms with Crippen molar-refractivity contribution < 1.29 is 9.52 Å². The number of aliphatic hydroxyl groups excluding tert-OH is 1. The van der Waals surface area contributed by atoms with Crippen LogP contribution in [-0.4, -0.2) is 10.1 Å². The molecule has 0 aliphatic heterocycles. The second-order valence-corrected chi connectivity index (χ2v) is 4.30. The molecule has 0 amide bonds. The molecule has 0 aliphatic rings. The van der Waals surface area contributed by atoms with Crippen LogP contribution in [0.3, 0.4) is 0 Å². The van der Waals surface area contributed by atoms with Gasteiger partial charge in [-0.15, -0.1) is 0 Å². The largest absolute Gasteiger partial charge is 0.463 e. The number of fused-ring (bicyclic) bond motifs is 1. The Bertz CT molecular complexity index is 682. The number of rotatable bonds is 2. The van der Waals surface area contributed by atoms with Crippen LogP contribution >= 0.6 is 0 Å². The molecule has 1 unspecified atom stereocenters. The van der Waals surface area contributed by atoms with Gasteiger partial charge in [0.1, 0.15) is 17.6 Å². The number of benzene rings is 1. The van der Waals surface area contributed by atoms with Gasteiger partial charge in [-0.2, -0.15) is 0 Å². The summed E-state index contributed by atoms with van der Waals surface area (Å²) in [5.41, 5.74) is 0.766. The Labute approximate surface area is 105 Å². The normalized spacial score (nSPS) is 12.8. The highest BCUT2D eigenvalue weighted by Gasteiger charge is 2.16. The number of aryl methyl sites for hydroxylation is 1. The smallest absolute Gasteiger partial charge is 0.139 e. The van der Waals surface area contributed by atoms with E-state index < -0.39 is 6.10 Å². The van der Waals surface area contributed by atoms with Gasteiger partial charge in [0.05, 0.1) is 0 Å². The van der Waals surface area contributed by atoms with E-state index in [-0.39, 0.29) is 0 Å². The van der Waals surface area contributed by atoms with Crippen LogP contribution in [0.1, 0.15) is 23.2 Å². The summed E-state index contributed by atoms with van der Waals surface area (Å²) in [6.45, 7) is 1.86. The third-order valence-electron chi connectivity index (χ3n) is 3.02. The van der Waals surface area contributed by atoms with Crippen LogP contribution in [-0.2, 0) is 0 Å². The molecule has 3 heteroatoms. The highest BCUT2D eigenvalue weighted by atomic mass is 16.4. The monoisotopic (exact) mass is 239 g/mol. The molecule has 0 saturated heterocycles. The Morgan fingerprint density at radius 2 is 1.94 bits per heavy atom. The fraction of sp³-hybridized carbons (Fsp3) is 0.133. The summed E-state index contributed by atoms with van der Waals surface area (Å²) in [6, 6.07) is 11.5. The van der Waals surface area contributed by atoms with E-state index in [0.717, 1.165) is 22.1 Å². The van der Waals surface area contributed by atoms with Crippen molar-refractivity contribution in [2.45, 2.75) is 13.0 Å². The molecule has 0 aliphatic carbocycles. The van der Waals surface area contributed by atoms with Crippen molar-refractivity contribution in [3.05, 3.63) is 65.9 Å². The molecule has 0 radical (unpaired) electrons. The molecule has 2 aromatic heterocycles. The molecule has 3 aromatic rings. The fourth-order valence-corrected chi connectivity index (χ4v) is 2.11. The zero-order valence-electron chi connectivity index (χ0n) is 10.00. The number of nitrogens with zero attached hydrogens (tertiary/aromatic N) is 1. The molecule has 2 heterocycles. The third kappa shape index (κ3) is 1.79. The zero-order chi connectivity index (χ0) is 12.5. The Hall–Kier alpha value is -2.13. The SMILES string of the molecule is Cc1ccc(C(O)c2cncc3ccccc23)o1. The van der Waals surface area contributed by atoms with E-state index in [9.17, 15) is 5.11 Å². The van der Waals surface area contributed by atoms with Crippen molar-refractivity contribution >= 4 is 10.8 Å². The van der Waals surface area contributed by atoms with Crippen LogP contribution in [0.4, 0.5) is 0 Å². The lowest BCUT2D eigenvalue weighted by molar-refractivity contribution is 0.188. The molecular formula is C15H13NO2. The Kier molecular flexibility index (Phi) is 2.61. The minimum absolute atomic E-state index is 0.547. The zero-order valence-corrected chi connectivity index (χ0v) is 10.00. The summed E-state index contributed by atoms with van der Waals surface area (Å²) in [7, 11) is 0. The molecule has 3 rings (SSSR count). The van der Waals surface area contributed by atoms with E-state index >= 15 is 0 Å². The average molecular weight is 239 g/mol. The van der Waals surface area contributed by atoms with Gasteiger partial charge in [0, 0.05) is 23.3 Å². The van der Waals surface area contributed by atoms with Crippen LogP contribution in [0.2, 0.25) is 0 Å². The molecule has 0 fully saturated rings. The summed E-state index contributed by atoms with van der Waals surface area (Å²) in [5.74, 6) is 1.34. The quantitative estimate of drug-likeness (QED) is 0.746. The van der Waals surface area contributed by atoms with E-state index in [1.165, 1.54) is 0 Å². The molecule has 18 heavy (non-hydrogen) atoms. The topological polar surface area (TPSA) is 46.3 Å². The first-order valence-electron chi connectivity index (χ1n) is 5.83. The van der Waals surface area contributed by atoms with Crippen LogP contribution in [0.15, 0.2) is 53.2 Å². The van der Waals surface area contributed by atoms with E-state index in [4.69, 9.17) is 4.42 Å². The minimum atomic E-state index is -0.780. The number of hydrogen-bond donors (Lipinski definition) is 1. The van der Waals surface area contributed by atoms with Gasteiger partial charge in [-0.3, -0.25) is 4.98 Å². The average Bonchev–Trinajstić information content (AvgIpc) is 2.84. The van der Waals surface area contributed by atoms with E-state index in [1.807, 2.05) is 37.3 Å². The molecular weight excluding hydrogens is 226 g/mol. The molecule has 0 bridgehead atoms. The maximum absolute atomic E-state index is 10.4. The first-order valence-corrected chi connectivity index (χ1v) is 5.83. The summed E-state index contributed by atoms with van der Waals surface area (Å²) in [5, 5.41) is 12.4. The molecule has 1 aromatic carbocycles. The standard InChI is InChI=1S/C15H13NO2/c1-10-6-7-14(18-10)15(17)13-9-16-8-11-4-2-3-5-12(11)13/h2-9,15,17H,1H3. The molecule has 1 atom stereocenters. The predicted molar refractivity (Wildman–Crippen MR) is 69.2 cm³/mol. The van der Waals surface area contributed by atoms with Crippen molar-refractivity contribution in [3.63, 3.8) is 0 Å². The Morgan fingerprint density at radius 1 is 1.11 bits per heavy atom. The van der Waals surface area contributed by atoms with Crippen molar-refractivity contribution in [2.24, 2.45) is 0 Å². The van der Waals surface area contributed by atoms with E-state index in [1.54, 1.807) is 18.5 Å². The fourth-order valence-electron chi connectivity index (χ4n) is 2.11. The molecule has 0 spiro atoms. The second-order valence-electron chi connectivity index (χ2n) is 4.30. The van der Waals surface area contributed by atoms with Gasteiger partial charge < -0.3 is 9.52 Å².